The van der Waals surface area contributed by atoms with Gasteiger partial charge in [-0.3, -0.25) is 4.79 Å². The zero-order chi connectivity index (χ0) is 15.5. The fraction of sp³-hybridized carbons (Fsp3) is 0.529. The molecule has 5 nitrogen and oxygen atoms in total. The number of hydrogen-bond acceptors (Lipinski definition) is 3. The molecule has 3 rings (SSSR count). The number of nitrogens with one attached hydrogen (secondary N) is 1. The van der Waals surface area contributed by atoms with Crippen molar-refractivity contribution in [2.24, 2.45) is 0 Å². The molecule has 22 heavy (non-hydrogen) atoms. The number of hydrogen-bond donors (Lipinski definition) is 1. The van der Waals surface area contributed by atoms with Gasteiger partial charge in [-0.1, -0.05) is 6.07 Å². The molecular weight excluding hydrogens is 278 g/mol. The van der Waals surface area contributed by atoms with E-state index in [2.05, 4.69) is 17.2 Å². The van der Waals surface area contributed by atoms with Crippen molar-refractivity contribution in [3.63, 3.8) is 0 Å². The van der Waals surface area contributed by atoms with Crippen molar-refractivity contribution >= 4 is 11.6 Å². The van der Waals surface area contributed by atoms with Crippen LogP contribution < -0.4 is 5.32 Å². The SMILES string of the molecule is Cc1cccn2cc(CNC(=O)CCC3CCC(C)O3)nc12. The van der Waals surface area contributed by atoms with Gasteiger partial charge in [0.1, 0.15) is 5.65 Å². The van der Waals surface area contributed by atoms with Gasteiger partial charge in [0, 0.05) is 18.8 Å². The van der Waals surface area contributed by atoms with Gasteiger partial charge in [-0.25, -0.2) is 4.98 Å². The van der Waals surface area contributed by atoms with Gasteiger partial charge in [-0.15, -0.1) is 0 Å². The Labute approximate surface area is 130 Å². The van der Waals surface area contributed by atoms with Crippen molar-refractivity contribution in [3.8, 4) is 0 Å². The van der Waals surface area contributed by atoms with E-state index in [1.807, 2.05) is 35.9 Å². The van der Waals surface area contributed by atoms with Crippen LogP contribution in [0.3, 0.4) is 0 Å². The molecular formula is C17H23N3O2. The fourth-order valence-electron chi connectivity index (χ4n) is 2.96. The molecule has 1 fully saturated rings. The molecule has 0 aliphatic carbocycles. The number of amides is 1. The second-order valence-electron chi connectivity index (χ2n) is 6.12. The van der Waals surface area contributed by atoms with Gasteiger partial charge < -0.3 is 14.5 Å². The maximum Gasteiger partial charge on any atom is 0.220 e. The van der Waals surface area contributed by atoms with Gasteiger partial charge in [0.15, 0.2) is 0 Å². The lowest BCUT2D eigenvalue weighted by Gasteiger charge is -2.10. The van der Waals surface area contributed by atoms with Gasteiger partial charge in [0.25, 0.3) is 0 Å². The Hall–Kier alpha value is -1.88. The molecule has 3 heterocycles. The first-order valence-corrected chi connectivity index (χ1v) is 7.97. The molecule has 1 aliphatic heterocycles. The third-order valence-corrected chi connectivity index (χ3v) is 4.21. The van der Waals surface area contributed by atoms with Crippen molar-refractivity contribution in [3.05, 3.63) is 35.8 Å². The summed E-state index contributed by atoms with van der Waals surface area (Å²) in [5, 5.41) is 2.94. The lowest BCUT2D eigenvalue weighted by Crippen LogP contribution is -2.24. The molecule has 0 aromatic carbocycles. The third kappa shape index (κ3) is 3.47. The van der Waals surface area contributed by atoms with Gasteiger partial charge in [-0.05, 0) is 44.7 Å². The van der Waals surface area contributed by atoms with E-state index in [0.717, 1.165) is 36.2 Å². The second-order valence-corrected chi connectivity index (χ2v) is 6.12. The number of carbonyl (C=O) groups excluding carboxylic acids is 1. The predicted molar refractivity (Wildman–Crippen MR) is 84.6 cm³/mol. The first-order valence-electron chi connectivity index (χ1n) is 7.97. The Balaban J connectivity index is 1.48. The van der Waals surface area contributed by atoms with E-state index in [4.69, 9.17) is 4.74 Å². The second kappa shape index (κ2) is 6.48. The number of nitrogens with zero attached hydrogens (tertiary/aromatic N) is 2. The fourth-order valence-corrected chi connectivity index (χ4v) is 2.96. The number of rotatable bonds is 5. The quantitative estimate of drug-likeness (QED) is 0.923. The van der Waals surface area contributed by atoms with E-state index in [-0.39, 0.29) is 12.0 Å². The standard InChI is InChI=1S/C17H23N3O2/c1-12-4-3-9-20-11-14(19-17(12)20)10-18-16(21)8-7-15-6-5-13(2)22-15/h3-4,9,11,13,15H,5-8,10H2,1-2H3,(H,18,21). The Bertz CT molecular complexity index is 665. The summed E-state index contributed by atoms with van der Waals surface area (Å²) in [6.45, 7) is 4.60. The van der Waals surface area contributed by atoms with Crippen LogP contribution in [0.1, 0.15) is 43.9 Å². The highest BCUT2D eigenvalue weighted by Crippen LogP contribution is 2.22. The van der Waals surface area contributed by atoms with E-state index in [9.17, 15) is 4.79 Å². The molecule has 0 radical (unpaired) electrons. The van der Waals surface area contributed by atoms with Crippen LogP contribution in [0.5, 0.6) is 0 Å². The summed E-state index contributed by atoms with van der Waals surface area (Å²) in [6.07, 6.45) is 8.02. The van der Waals surface area contributed by atoms with Gasteiger partial charge in [0.2, 0.25) is 5.91 Å². The number of fused-ring (bicyclic) bond motifs is 1. The minimum atomic E-state index is 0.0666. The Morgan fingerprint density at radius 1 is 1.50 bits per heavy atom. The average Bonchev–Trinajstić information content (AvgIpc) is 3.10. The van der Waals surface area contributed by atoms with Crippen LogP contribution in [-0.4, -0.2) is 27.5 Å². The highest BCUT2D eigenvalue weighted by molar-refractivity contribution is 5.75. The molecule has 1 N–H and O–H groups in total. The smallest absolute Gasteiger partial charge is 0.220 e. The van der Waals surface area contributed by atoms with Crippen molar-refractivity contribution in [1.82, 2.24) is 14.7 Å². The summed E-state index contributed by atoms with van der Waals surface area (Å²) in [5.74, 6) is 0.0666. The average molecular weight is 301 g/mol. The molecule has 2 aromatic heterocycles. The number of ether oxygens (including phenoxy) is 1. The molecule has 118 valence electrons. The van der Waals surface area contributed by atoms with Crippen molar-refractivity contribution < 1.29 is 9.53 Å². The van der Waals surface area contributed by atoms with Crippen LogP contribution in [0.25, 0.3) is 5.65 Å². The summed E-state index contributed by atoms with van der Waals surface area (Å²) < 4.78 is 7.72. The number of aryl methyl sites for hydroxylation is 1. The van der Waals surface area contributed by atoms with Crippen LogP contribution in [0.2, 0.25) is 0 Å². The zero-order valence-electron chi connectivity index (χ0n) is 13.2. The number of imidazole rings is 1. The van der Waals surface area contributed by atoms with Crippen LogP contribution in [-0.2, 0) is 16.1 Å². The molecule has 0 bridgehead atoms. The predicted octanol–water partition coefficient (Wildman–Crippen LogP) is 2.61. The maximum absolute atomic E-state index is 11.9. The van der Waals surface area contributed by atoms with E-state index < -0.39 is 0 Å². The summed E-state index contributed by atoms with van der Waals surface area (Å²) in [7, 11) is 0. The number of aromatic nitrogens is 2. The van der Waals surface area contributed by atoms with Gasteiger partial charge in [0.05, 0.1) is 24.4 Å². The topological polar surface area (TPSA) is 55.6 Å². The van der Waals surface area contributed by atoms with E-state index in [1.54, 1.807) is 0 Å². The van der Waals surface area contributed by atoms with Crippen molar-refractivity contribution in [2.45, 2.75) is 58.3 Å². The van der Waals surface area contributed by atoms with Crippen molar-refractivity contribution in [2.75, 3.05) is 0 Å². The molecule has 0 saturated carbocycles. The molecule has 0 spiro atoms. The number of pyridine rings is 1. The lowest BCUT2D eigenvalue weighted by atomic mass is 10.1. The highest BCUT2D eigenvalue weighted by Gasteiger charge is 2.22. The third-order valence-electron chi connectivity index (χ3n) is 4.21. The number of carbonyl (C=O) groups is 1. The Morgan fingerprint density at radius 3 is 3.09 bits per heavy atom. The van der Waals surface area contributed by atoms with Gasteiger partial charge >= 0.3 is 0 Å². The molecule has 2 atom stereocenters. The molecule has 1 saturated heterocycles. The minimum Gasteiger partial charge on any atom is -0.375 e. The molecule has 1 aliphatic rings. The van der Waals surface area contributed by atoms with Crippen LogP contribution in [0.15, 0.2) is 24.5 Å². The Morgan fingerprint density at radius 2 is 2.36 bits per heavy atom. The van der Waals surface area contributed by atoms with Crippen LogP contribution in [0, 0.1) is 6.92 Å². The maximum atomic E-state index is 11.9. The summed E-state index contributed by atoms with van der Waals surface area (Å²) in [5.41, 5.74) is 2.96. The van der Waals surface area contributed by atoms with E-state index in [0.29, 0.717) is 19.1 Å². The van der Waals surface area contributed by atoms with Crippen molar-refractivity contribution in [1.29, 1.82) is 0 Å². The molecule has 5 heteroatoms. The summed E-state index contributed by atoms with van der Waals surface area (Å²) >= 11 is 0. The summed E-state index contributed by atoms with van der Waals surface area (Å²) in [4.78, 5) is 16.5. The van der Waals surface area contributed by atoms with E-state index in [1.165, 1.54) is 0 Å². The molecule has 2 aromatic rings. The largest absolute Gasteiger partial charge is 0.375 e. The van der Waals surface area contributed by atoms with Gasteiger partial charge in [-0.2, -0.15) is 0 Å². The highest BCUT2D eigenvalue weighted by atomic mass is 16.5. The molecule has 1 amide bonds. The van der Waals surface area contributed by atoms with Crippen LogP contribution >= 0.6 is 0 Å². The summed E-state index contributed by atoms with van der Waals surface area (Å²) in [6, 6.07) is 4.03. The van der Waals surface area contributed by atoms with Crippen LogP contribution in [0.4, 0.5) is 0 Å². The first-order chi connectivity index (χ1) is 10.6. The first kappa shape index (κ1) is 15.0. The monoisotopic (exact) mass is 301 g/mol. The minimum absolute atomic E-state index is 0.0666. The lowest BCUT2D eigenvalue weighted by molar-refractivity contribution is -0.122. The Kier molecular flexibility index (Phi) is 4.43. The van der Waals surface area contributed by atoms with E-state index >= 15 is 0 Å². The normalized spacial score (nSPS) is 21.4. The molecule has 2 unspecified atom stereocenters. The zero-order valence-corrected chi connectivity index (χ0v) is 13.2.